The van der Waals surface area contributed by atoms with Gasteiger partial charge in [-0.1, -0.05) is 23.5 Å². The number of nitrogens with zero attached hydrogens (tertiary/aromatic N) is 1. The van der Waals surface area contributed by atoms with Crippen LogP contribution < -0.4 is 14.9 Å². The molecule has 2 aromatic carbocycles. The summed E-state index contributed by atoms with van der Waals surface area (Å²) in [7, 11) is 0. The second kappa shape index (κ2) is 12.3. The maximum Gasteiger partial charge on any atom is 0.338 e. The summed E-state index contributed by atoms with van der Waals surface area (Å²) in [5.74, 6) is -3.42. The number of imide groups is 1. The van der Waals surface area contributed by atoms with Gasteiger partial charge in [0.25, 0.3) is 5.91 Å². The van der Waals surface area contributed by atoms with Gasteiger partial charge in [-0.25, -0.2) is 4.79 Å². The van der Waals surface area contributed by atoms with Crippen molar-refractivity contribution in [2.75, 3.05) is 25.1 Å². The van der Waals surface area contributed by atoms with Crippen LogP contribution in [-0.2, 0) is 23.9 Å². The number of aromatic amines is 1. The molecule has 7 atom stereocenters. The Labute approximate surface area is 276 Å². The lowest BCUT2D eigenvalue weighted by atomic mass is 9.68. The summed E-state index contributed by atoms with van der Waals surface area (Å²) >= 11 is 2.72. The largest absolute Gasteiger partial charge is 0.484 e. The summed E-state index contributed by atoms with van der Waals surface area (Å²) in [4.78, 5) is 80.1. The lowest BCUT2D eigenvalue weighted by molar-refractivity contribution is -0.142. The number of hydrogen-bond donors (Lipinski definition) is 3. The smallest absolute Gasteiger partial charge is 0.338 e. The third-order valence-corrected chi connectivity index (χ3v) is 12.2. The van der Waals surface area contributed by atoms with Crippen LogP contribution in [0.15, 0.2) is 58.4 Å². The highest BCUT2D eigenvalue weighted by Crippen LogP contribution is 2.68. The summed E-state index contributed by atoms with van der Waals surface area (Å²) in [6, 6.07) is 13.7. The summed E-state index contributed by atoms with van der Waals surface area (Å²) in [6.07, 6.45) is 0.427. The van der Waals surface area contributed by atoms with E-state index in [1.54, 1.807) is 49.0 Å². The average molecular weight is 678 g/mol. The van der Waals surface area contributed by atoms with Gasteiger partial charge in [-0.15, -0.1) is 11.8 Å². The standard InChI is InChI=1S/C33H31N3O9S2/c1-2-44-32(42)15-6-8-17(9-7-15)34-21(37)14-45-18-5-3-4-16(12-18)23-24-19-13-20(27(24)46-29-28(23)47-33(43)35-29)26-25(19)30(40)36(31(26)41)11-10-22(38)39/h3-9,12,19-20,23-27H,2,10-11,13-14H2,1H3,(H,34,37)(H,35,43)(H,38,39)/t19?,20?,23-,24?,25?,26?,27?/m1/s1. The van der Waals surface area contributed by atoms with Crippen LogP contribution in [0, 0.1) is 29.6 Å². The first-order valence-electron chi connectivity index (χ1n) is 15.4. The zero-order chi connectivity index (χ0) is 33.0. The van der Waals surface area contributed by atoms with Crippen LogP contribution >= 0.6 is 23.1 Å². The summed E-state index contributed by atoms with van der Waals surface area (Å²) in [5, 5.41) is 12.7. The molecule has 2 aliphatic carbocycles. The number of thioether (sulfide) groups is 1. The van der Waals surface area contributed by atoms with E-state index in [1.165, 1.54) is 0 Å². The number of thiazole rings is 1. The number of aromatic nitrogens is 1. The minimum Gasteiger partial charge on any atom is -0.484 e. The molecule has 3 fully saturated rings. The molecule has 3 heterocycles. The highest BCUT2D eigenvalue weighted by atomic mass is 32.2. The Morgan fingerprint density at radius 1 is 1.04 bits per heavy atom. The number of fused-ring (bicyclic) bond motifs is 9. The Kier molecular flexibility index (Phi) is 8.16. The fourth-order valence-electron chi connectivity index (χ4n) is 7.93. The van der Waals surface area contributed by atoms with Crippen molar-refractivity contribution >= 4 is 58.4 Å². The Morgan fingerprint density at radius 3 is 2.51 bits per heavy atom. The molecule has 47 heavy (non-hydrogen) atoms. The van der Waals surface area contributed by atoms with E-state index in [-0.39, 0.29) is 71.8 Å². The molecule has 6 unspecified atom stereocenters. The lowest BCUT2D eigenvalue weighted by Gasteiger charge is -2.43. The van der Waals surface area contributed by atoms with Gasteiger partial charge in [-0.05, 0) is 73.1 Å². The predicted octanol–water partition coefficient (Wildman–Crippen LogP) is 3.58. The molecule has 4 aliphatic rings. The first-order chi connectivity index (χ1) is 22.6. The molecule has 1 aromatic heterocycles. The van der Waals surface area contributed by atoms with Crippen molar-refractivity contribution < 1.29 is 38.6 Å². The monoisotopic (exact) mass is 677 g/mol. The molecule has 1 saturated heterocycles. The van der Waals surface area contributed by atoms with Crippen molar-refractivity contribution in [1.82, 2.24) is 9.88 Å². The summed E-state index contributed by atoms with van der Waals surface area (Å²) in [5.41, 5.74) is 1.76. The highest BCUT2D eigenvalue weighted by Gasteiger charge is 2.69. The maximum atomic E-state index is 13.5. The van der Waals surface area contributed by atoms with Gasteiger partial charge in [0.15, 0.2) is 6.61 Å². The number of amides is 3. The van der Waals surface area contributed by atoms with Crippen molar-refractivity contribution in [3.8, 4) is 5.75 Å². The van der Waals surface area contributed by atoms with Crippen LogP contribution in [-0.4, -0.2) is 69.7 Å². The lowest BCUT2D eigenvalue weighted by Crippen LogP contribution is -2.42. The molecule has 3 aromatic rings. The van der Waals surface area contributed by atoms with Crippen LogP contribution in [0.4, 0.5) is 5.69 Å². The van der Waals surface area contributed by atoms with Gasteiger partial charge in [0.05, 0.1) is 35.5 Å². The molecule has 244 valence electrons. The van der Waals surface area contributed by atoms with E-state index in [1.807, 2.05) is 18.2 Å². The number of H-pyrrole nitrogens is 1. The van der Waals surface area contributed by atoms with E-state index in [9.17, 15) is 28.8 Å². The molecular weight excluding hydrogens is 647 g/mol. The van der Waals surface area contributed by atoms with Crippen LogP contribution in [0.25, 0.3) is 0 Å². The van der Waals surface area contributed by atoms with Crippen LogP contribution in [0.5, 0.6) is 5.75 Å². The second-order valence-electron chi connectivity index (χ2n) is 12.1. The molecule has 3 amide bonds. The topological polar surface area (TPSA) is 172 Å². The fourth-order valence-corrected chi connectivity index (χ4v) is 10.8. The number of rotatable bonds is 10. The molecule has 2 bridgehead atoms. The van der Waals surface area contributed by atoms with Gasteiger partial charge in [0.2, 0.25) is 11.8 Å². The number of carbonyl (C=O) groups is 5. The van der Waals surface area contributed by atoms with Gasteiger partial charge in [-0.2, -0.15) is 0 Å². The van der Waals surface area contributed by atoms with Crippen molar-refractivity contribution in [2.45, 2.75) is 36.0 Å². The predicted molar refractivity (Wildman–Crippen MR) is 170 cm³/mol. The highest BCUT2D eigenvalue weighted by molar-refractivity contribution is 8.00. The van der Waals surface area contributed by atoms with Gasteiger partial charge in [0, 0.05) is 28.3 Å². The number of carboxylic acid groups (broad SMARTS) is 1. The first kappa shape index (κ1) is 31.2. The van der Waals surface area contributed by atoms with Crippen LogP contribution in [0.3, 0.4) is 0 Å². The van der Waals surface area contributed by atoms with Gasteiger partial charge < -0.3 is 24.9 Å². The van der Waals surface area contributed by atoms with Gasteiger partial charge in [0.1, 0.15) is 5.75 Å². The Morgan fingerprint density at radius 2 is 1.79 bits per heavy atom. The van der Waals surface area contributed by atoms with Crippen molar-refractivity contribution in [2.24, 2.45) is 29.6 Å². The first-order valence-corrected chi connectivity index (χ1v) is 17.1. The van der Waals surface area contributed by atoms with E-state index < -0.39 is 29.7 Å². The number of anilines is 1. The number of aliphatic carboxylic acids is 1. The molecule has 12 nitrogen and oxygen atoms in total. The van der Waals surface area contributed by atoms with E-state index in [4.69, 9.17) is 14.6 Å². The number of nitrogens with one attached hydrogen (secondary N) is 2. The number of benzene rings is 2. The van der Waals surface area contributed by atoms with E-state index in [0.717, 1.165) is 31.7 Å². The zero-order valence-electron chi connectivity index (χ0n) is 25.2. The molecular formula is C33H31N3O9S2. The summed E-state index contributed by atoms with van der Waals surface area (Å²) < 4.78 is 10.9. The van der Waals surface area contributed by atoms with Crippen molar-refractivity contribution in [3.05, 3.63) is 74.2 Å². The normalized spacial score (nSPS) is 26.8. The second-order valence-corrected chi connectivity index (χ2v) is 14.3. The van der Waals surface area contributed by atoms with Gasteiger partial charge >= 0.3 is 16.8 Å². The number of esters is 1. The van der Waals surface area contributed by atoms with Crippen LogP contribution in [0.2, 0.25) is 0 Å². The Hall–Kier alpha value is -4.43. The minimum atomic E-state index is -1.06. The van der Waals surface area contributed by atoms with E-state index in [2.05, 4.69) is 10.3 Å². The van der Waals surface area contributed by atoms with Crippen molar-refractivity contribution in [3.63, 3.8) is 0 Å². The minimum absolute atomic E-state index is 0.00857. The number of ether oxygens (including phenoxy) is 2. The number of carbonyl (C=O) groups excluding carboxylic acids is 4. The Balaban J connectivity index is 1.10. The molecule has 2 aliphatic heterocycles. The fraction of sp³-hybridized carbons (Fsp3) is 0.394. The average Bonchev–Trinajstić information content (AvgIpc) is 3.78. The SMILES string of the molecule is CCOC(=O)c1ccc(NC(=O)COc2cccc([C@H]3c4sc(=O)[nH]c4SC4C5CC(C6C(=O)N(CCC(=O)O)C(=O)C56)C43)c2)cc1. The zero-order valence-corrected chi connectivity index (χ0v) is 26.8. The number of carboxylic acids is 1. The number of likely N-dealkylation sites (tertiary alicyclic amines) is 1. The maximum absolute atomic E-state index is 13.5. The van der Waals surface area contributed by atoms with Crippen molar-refractivity contribution in [1.29, 1.82) is 0 Å². The third-order valence-electron chi connectivity index (χ3n) is 9.63. The molecule has 3 N–H and O–H groups in total. The molecule has 14 heteroatoms. The van der Waals surface area contributed by atoms with E-state index >= 15 is 0 Å². The number of hydrogen-bond acceptors (Lipinski definition) is 10. The third kappa shape index (κ3) is 5.52. The molecule has 7 rings (SSSR count). The molecule has 2 saturated carbocycles. The molecule has 0 radical (unpaired) electrons. The quantitative estimate of drug-likeness (QED) is 0.213. The summed E-state index contributed by atoms with van der Waals surface area (Å²) in [6.45, 7) is 1.59. The molecule has 0 spiro atoms. The Bertz CT molecular complexity index is 1840. The van der Waals surface area contributed by atoms with Crippen LogP contribution in [0.1, 0.15) is 46.5 Å². The van der Waals surface area contributed by atoms with Gasteiger partial charge in [-0.3, -0.25) is 28.9 Å². The van der Waals surface area contributed by atoms with E-state index in [0.29, 0.717) is 23.4 Å².